The van der Waals surface area contributed by atoms with E-state index in [1.54, 1.807) is 30.3 Å². The lowest BCUT2D eigenvalue weighted by molar-refractivity contribution is 0.0587. The Kier molecular flexibility index (Phi) is 5.75. The molecule has 128 valence electrons. The van der Waals surface area contributed by atoms with Crippen LogP contribution >= 0.6 is 11.3 Å². The molecule has 2 amide bonds. The zero-order chi connectivity index (χ0) is 17.7. The molecule has 3 N–H and O–H groups in total. The van der Waals surface area contributed by atoms with E-state index in [2.05, 4.69) is 10.6 Å². The fourth-order valence-electron chi connectivity index (χ4n) is 1.94. The van der Waals surface area contributed by atoms with E-state index >= 15 is 0 Å². The van der Waals surface area contributed by atoms with Gasteiger partial charge in [0.25, 0.3) is 11.8 Å². The maximum atomic E-state index is 12.2. The van der Waals surface area contributed by atoms with E-state index in [9.17, 15) is 14.7 Å². The molecule has 0 saturated heterocycles. The fraction of sp³-hybridized carbons (Fsp3) is 0.333. The van der Waals surface area contributed by atoms with Gasteiger partial charge in [-0.05, 0) is 35.1 Å². The highest BCUT2D eigenvalue weighted by Gasteiger charge is 2.22. The van der Waals surface area contributed by atoms with Crippen LogP contribution in [0.2, 0.25) is 0 Å². The van der Waals surface area contributed by atoms with Crippen molar-refractivity contribution in [3.63, 3.8) is 0 Å². The van der Waals surface area contributed by atoms with Gasteiger partial charge in [-0.3, -0.25) is 9.59 Å². The highest BCUT2D eigenvalue weighted by atomic mass is 32.1. The molecule has 0 aliphatic carbocycles. The SMILES string of the molecule is CC(C)(C)C(O)CNC(=O)c1cccc(NC(=O)c2cccs2)c1. The van der Waals surface area contributed by atoms with Crippen LogP contribution in [0, 0.1) is 5.41 Å². The molecule has 1 unspecified atom stereocenters. The largest absolute Gasteiger partial charge is 0.391 e. The van der Waals surface area contributed by atoms with Crippen LogP contribution in [-0.4, -0.2) is 29.6 Å². The van der Waals surface area contributed by atoms with Gasteiger partial charge in [0.15, 0.2) is 0 Å². The van der Waals surface area contributed by atoms with Gasteiger partial charge in [-0.1, -0.05) is 32.9 Å². The molecule has 5 nitrogen and oxygen atoms in total. The van der Waals surface area contributed by atoms with Crippen LogP contribution in [0.1, 0.15) is 40.8 Å². The molecule has 2 rings (SSSR count). The van der Waals surface area contributed by atoms with Crippen molar-refractivity contribution in [3.05, 3.63) is 52.2 Å². The lowest BCUT2D eigenvalue weighted by atomic mass is 9.89. The van der Waals surface area contributed by atoms with Crippen LogP contribution in [0.4, 0.5) is 5.69 Å². The molecule has 0 spiro atoms. The number of aliphatic hydroxyl groups excluding tert-OH is 1. The first-order chi connectivity index (χ1) is 11.3. The molecule has 1 aromatic carbocycles. The Morgan fingerprint density at radius 1 is 1.17 bits per heavy atom. The average molecular weight is 346 g/mol. The third kappa shape index (κ3) is 4.91. The minimum Gasteiger partial charge on any atom is -0.391 e. The van der Waals surface area contributed by atoms with Crippen LogP contribution in [0.5, 0.6) is 0 Å². The summed E-state index contributed by atoms with van der Waals surface area (Å²) in [7, 11) is 0. The van der Waals surface area contributed by atoms with Crippen molar-refractivity contribution < 1.29 is 14.7 Å². The molecular weight excluding hydrogens is 324 g/mol. The van der Waals surface area contributed by atoms with Crippen LogP contribution < -0.4 is 10.6 Å². The van der Waals surface area contributed by atoms with Crippen LogP contribution in [0.3, 0.4) is 0 Å². The summed E-state index contributed by atoms with van der Waals surface area (Å²) in [6.45, 7) is 5.90. The van der Waals surface area contributed by atoms with Gasteiger partial charge in [0.1, 0.15) is 0 Å². The van der Waals surface area contributed by atoms with E-state index in [4.69, 9.17) is 0 Å². The van der Waals surface area contributed by atoms with Gasteiger partial charge < -0.3 is 15.7 Å². The summed E-state index contributed by atoms with van der Waals surface area (Å²) < 4.78 is 0. The van der Waals surface area contributed by atoms with Crippen molar-refractivity contribution in [2.45, 2.75) is 26.9 Å². The highest BCUT2D eigenvalue weighted by molar-refractivity contribution is 7.12. The zero-order valence-electron chi connectivity index (χ0n) is 14.0. The van der Waals surface area contributed by atoms with Crippen molar-refractivity contribution in [2.24, 2.45) is 5.41 Å². The summed E-state index contributed by atoms with van der Waals surface area (Å²) in [6.07, 6.45) is -0.636. The lowest BCUT2D eigenvalue weighted by Crippen LogP contribution is -2.39. The maximum absolute atomic E-state index is 12.2. The third-order valence-electron chi connectivity index (χ3n) is 3.58. The van der Waals surface area contributed by atoms with Gasteiger partial charge in [-0.2, -0.15) is 0 Å². The molecule has 24 heavy (non-hydrogen) atoms. The molecule has 0 fully saturated rings. The Labute approximate surface area is 145 Å². The Hall–Kier alpha value is -2.18. The first kappa shape index (κ1) is 18.2. The van der Waals surface area contributed by atoms with Crippen LogP contribution in [0.25, 0.3) is 0 Å². The smallest absolute Gasteiger partial charge is 0.265 e. The van der Waals surface area contributed by atoms with Crippen molar-refractivity contribution >= 4 is 28.8 Å². The van der Waals surface area contributed by atoms with Gasteiger partial charge in [-0.25, -0.2) is 0 Å². The summed E-state index contributed by atoms with van der Waals surface area (Å²) >= 11 is 1.36. The van der Waals surface area contributed by atoms with E-state index in [-0.39, 0.29) is 23.8 Å². The van der Waals surface area contributed by atoms with E-state index in [1.165, 1.54) is 11.3 Å². The highest BCUT2D eigenvalue weighted by Crippen LogP contribution is 2.18. The summed E-state index contributed by atoms with van der Waals surface area (Å²) in [6, 6.07) is 10.3. The third-order valence-corrected chi connectivity index (χ3v) is 4.45. The predicted molar refractivity (Wildman–Crippen MR) is 96.5 cm³/mol. The second-order valence-corrected chi connectivity index (χ2v) is 7.55. The first-order valence-electron chi connectivity index (χ1n) is 7.68. The number of rotatable bonds is 5. The topological polar surface area (TPSA) is 78.4 Å². The second kappa shape index (κ2) is 7.59. The van der Waals surface area contributed by atoms with Gasteiger partial charge in [0, 0.05) is 17.8 Å². The van der Waals surface area contributed by atoms with Gasteiger partial charge in [0.2, 0.25) is 0 Å². The molecular formula is C18H22N2O3S. The molecule has 0 radical (unpaired) electrons. The number of benzene rings is 1. The van der Waals surface area contributed by atoms with Crippen molar-refractivity contribution in [1.82, 2.24) is 5.32 Å². The number of carbonyl (C=O) groups excluding carboxylic acids is 2. The number of nitrogens with one attached hydrogen (secondary N) is 2. The van der Waals surface area contributed by atoms with E-state index < -0.39 is 6.10 Å². The monoisotopic (exact) mass is 346 g/mol. The zero-order valence-corrected chi connectivity index (χ0v) is 14.8. The molecule has 0 aliphatic rings. The summed E-state index contributed by atoms with van der Waals surface area (Å²) in [5.41, 5.74) is 0.682. The quantitative estimate of drug-likeness (QED) is 0.778. The summed E-state index contributed by atoms with van der Waals surface area (Å²) in [5.74, 6) is -0.490. The number of hydrogen-bond acceptors (Lipinski definition) is 4. The fourth-order valence-corrected chi connectivity index (χ4v) is 2.56. The Balaban J connectivity index is 1.99. The standard InChI is InChI=1S/C18H22N2O3S/c1-18(2,3)15(21)11-19-16(22)12-6-4-7-13(10-12)20-17(23)14-8-5-9-24-14/h4-10,15,21H,11H2,1-3H3,(H,19,22)(H,20,23). The lowest BCUT2D eigenvalue weighted by Gasteiger charge is -2.25. The van der Waals surface area contributed by atoms with Crippen LogP contribution in [0.15, 0.2) is 41.8 Å². The number of hydrogen-bond donors (Lipinski definition) is 3. The number of amides is 2. The molecule has 0 saturated carbocycles. The molecule has 0 bridgehead atoms. The molecule has 0 aliphatic heterocycles. The van der Waals surface area contributed by atoms with Crippen molar-refractivity contribution in [3.8, 4) is 0 Å². The number of anilines is 1. The van der Waals surface area contributed by atoms with Crippen molar-refractivity contribution in [1.29, 1.82) is 0 Å². The number of aliphatic hydroxyl groups is 1. The average Bonchev–Trinajstić information content (AvgIpc) is 3.06. The van der Waals surface area contributed by atoms with Gasteiger partial charge in [0.05, 0.1) is 11.0 Å². The molecule has 1 heterocycles. The molecule has 2 aromatic rings. The van der Waals surface area contributed by atoms with Crippen LogP contribution in [-0.2, 0) is 0 Å². The molecule has 1 aromatic heterocycles. The predicted octanol–water partition coefficient (Wildman–Crippen LogP) is 3.14. The Bertz CT molecular complexity index is 705. The first-order valence-corrected chi connectivity index (χ1v) is 8.56. The Morgan fingerprint density at radius 2 is 1.92 bits per heavy atom. The van der Waals surface area contributed by atoms with E-state index in [1.807, 2.05) is 32.2 Å². The number of thiophene rings is 1. The molecule has 1 atom stereocenters. The van der Waals surface area contributed by atoms with Gasteiger partial charge in [-0.15, -0.1) is 11.3 Å². The van der Waals surface area contributed by atoms with E-state index in [0.29, 0.717) is 16.1 Å². The van der Waals surface area contributed by atoms with E-state index in [0.717, 1.165) is 0 Å². The second-order valence-electron chi connectivity index (χ2n) is 6.60. The normalized spacial score (nSPS) is 12.5. The van der Waals surface area contributed by atoms with Gasteiger partial charge >= 0.3 is 0 Å². The summed E-state index contributed by atoms with van der Waals surface area (Å²) in [4.78, 5) is 24.9. The number of carbonyl (C=O) groups is 2. The maximum Gasteiger partial charge on any atom is 0.265 e. The minimum atomic E-state index is -0.636. The minimum absolute atomic E-state index is 0.175. The van der Waals surface area contributed by atoms with Crippen molar-refractivity contribution in [2.75, 3.05) is 11.9 Å². The molecule has 6 heteroatoms. The Morgan fingerprint density at radius 3 is 2.54 bits per heavy atom. The summed E-state index contributed by atoms with van der Waals surface area (Å²) in [5, 5.41) is 17.3.